The fourth-order valence-corrected chi connectivity index (χ4v) is 4.76. The van der Waals surface area contributed by atoms with E-state index < -0.39 is 11.8 Å². The molecule has 238 valence electrons. The number of rotatable bonds is 21. The summed E-state index contributed by atoms with van der Waals surface area (Å²) in [4.78, 5) is 12.6. The predicted molar refractivity (Wildman–Crippen MR) is 175 cm³/mol. The lowest BCUT2D eigenvalue weighted by Crippen LogP contribution is -2.12. The maximum absolute atomic E-state index is 14.6. The maximum Gasteiger partial charge on any atom is 0.343 e. The molecule has 0 radical (unpaired) electrons. The summed E-state index contributed by atoms with van der Waals surface area (Å²) in [5.74, 6) is 0.433. The molecule has 0 heterocycles. The van der Waals surface area contributed by atoms with Crippen LogP contribution in [0.25, 0.3) is 0 Å². The van der Waals surface area contributed by atoms with Gasteiger partial charge in [0.05, 0.1) is 29.6 Å². The third-order valence-corrected chi connectivity index (χ3v) is 7.39. The molecule has 0 aliphatic rings. The molecule has 0 bridgehead atoms. The van der Waals surface area contributed by atoms with Crippen LogP contribution >= 0.6 is 0 Å². The Morgan fingerprint density at radius 3 is 1.93 bits per heavy atom. The average molecular weight is 605 g/mol. The SMILES string of the molecule is CCCCCCCCCCOc1ccc(C(=O)Oc2ccc(N=Nc3ccc(OC(C)CCCCCC)c(F)c3)cc2)cc1. The van der Waals surface area contributed by atoms with Crippen LogP contribution in [-0.2, 0) is 0 Å². The second kappa shape index (κ2) is 20.3. The Hall–Kier alpha value is -3.74. The van der Waals surface area contributed by atoms with Gasteiger partial charge in [-0.1, -0.05) is 78.1 Å². The van der Waals surface area contributed by atoms with Gasteiger partial charge in [-0.05, 0) is 86.8 Å². The highest BCUT2D eigenvalue weighted by Crippen LogP contribution is 2.27. The minimum absolute atomic E-state index is 0.0517. The second-order valence-electron chi connectivity index (χ2n) is 11.3. The maximum atomic E-state index is 14.6. The zero-order valence-corrected chi connectivity index (χ0v) is 26.7. The normalized spacial score (nSPS) is 11.9. The van der Waals surface area contributed by atoms with E-state index in [2.05, 4.69) is 24.1 Å². The molecule has 44 heavy (non-hydrogen) atoms. The van der Waals surface area contributed by atoms with Crippen molar-refractivity contribution in [2.45, 2.75) is 110 Å². The Labute approximate surface area is 263 Å². The Kier molecular flexibility index (Phi) is 16.0. The number of hydrogen-bond donors (Lipinski definition) is 0. The molecule has 0 saturated heterocycles. The van der Waals surface area contributed by atoms with Crippen LogP contribution in [0, 0.1) is 5.82 Å². The Bertz CT molecular complexity index is 1260. The number of azo groups is 1. The Morgan fingerprint density at radius 2 is 1.27 bits per heavy atom. The summed E-state index contributed by atoms with van der Waals surface area (Å²) in [6, 6.07) is 18.2. The minimum atomic E-state index is -0.466. The van der Waals surface area contributed by atoms with E-state index in [0.717, 1.165) is 25.0 Å². The first-order valence-corrected chi connectivity index (χ1v) is 16.4. The summed E-state index contributed by atoms with van der Waals surface area (Å²) in [5, 5.41) is 8.31. The quantitative estimate of drug-likeness (QED) is 0.0525. The molecule has 0 fully saturated rings. The summed E-state index contributed by atoms with van der Waals surface area (Å²) in [7, 11) is 0. The molecular formula is C37H49FN2O4. The van der Waals surface area contributed by atoms with Crippen molar-refractivity contribution in [3.63, 3.8) is 0 Å². The monoisotopic (exact) mass is 604 g/mol. The number of benzene rings is 3. The van der Waals surface area contributed by atoms with Gasteiger partial charge in [0.2, 0.25) is 0 Å². The number of hydrogen-bond acceptors (Lipinski definition) is 6. The summed E-state index contributed by atoms with van der Waals surface area (Å²) >= 11 is 0. The van der Waals surface area contributed by atoms with E-state index in [0.29, 0.717) is 29.3 Å². The number of carbonyl (C=O) groups is 1. The van der Waals surface area contributed by atoms with Crippen LogP contribution in [0.3, 0.4) is 0 Å². The summed E-state index contributed by atoms with van der Waals surface area (Å²) in [6.07, 6.45) is 15.5. The van der Waals surface area contributed by atoms with Crippen LogP contribution in [0.4, 0.5) is 15.8 Å². The van der Waals surface area contributed by atoms with Gasteiger partial charge in [-0.3, -0.25) is 0 Å². The molecule has 7 heteroatoms. The van der Waals surface area contributed by atoms with Crippen LogP contribution < -0.4 is 14.2 Å². The molecule has 3 aromatic rings. The summed E-state index contributed by atoms with van der Waals surface area (Å²) in [5.41, 5.74) is 1.36. The first kappa shape index (κ1) is 34.7. The highest BCUT2D eigenvalue weighted by molar-refractivity contribution is 5.91. The van der Waals surface area contributed by atoms with Crippen LogP contribution in [0.15, 0.2) is 77.0 Å². The van der Waals surface area contributed by atoms with E-state index in [1.54, 1.807) is 60.7 Å². The zero-order chi connectivity index (χ0) is 31.4. The molecular weight excluding hydrogens is 555 g/mol. The van der Waals surface area contributed by atoms with Crippen LogP contribution in [0.1, 0.15) is 115 Å². The van der Waals surface area contributed by atoms with E-state index in [4.69, 9.17) is 14.2 Å². The topological polar surface area (TPSA) is 69.5 Å². The first-order valence-electron chi connectivity index (χ1n) is 16.4. The Morgan fingerprint density at radius 1 is 0.705 bits per heavy atom. The third-order valence-electron chi connectivity index (χ3n) is 7.39. The molecule has 3 rings (SSSR count). The van der Waals surface area contributed by atoms with Gasteiger partial charge >= 0.3 is 5.97 Å². The van der Waals surface area contributed by atoms with Crippen molar-refractivity contribution in [2.24, 2.45) is 10.2 Å². The van der Waals surface area contributed by atoms with Gasteiger partial charge in [-0.15, -0.1) is 0 Å². The van der Waals surface area contributed by atoms with Crippen molar-refractivity contribution < 1.29 is 23.4 Å². The molecule has 1 unspecified atom stereocenters. The van der Waals surface area contributed by atoms with Gasteiger partial charge in [0.25, 0.3) is 0 Å². The third kappa shape index (κ3) is 13.3. The lowest BCUT2D eigenvalue weighted by atomic mass is 10.1. The molecule has 6 nitrogen and oxygen atoms in total. The summed E-state index contributed by atoms with van der Waals surface area (Å²) < 4.78 is 31.7. The molecule has 0 aromatic heterocycles. The van der Waals surface area contributed by atoms with E-state index >= 15 is 0 Å². The Balaban J connectivity index is 1.40. The van der Waals surface area contributed by atoms with Crippen LogP contribution in [0.2, 0.25) is 0 Å². The van der Waals surface area contributed by atoms with Crippen molar-refractivity contribution in [2.75, 3.05) is 6.61 Å². The number of ether oxygens (including phenoxy) is 3. The zero-order valence-electron chi connectivity index (χ0n) is 26.7. The highest BCUT2D eigenvalue weighted by Gasteiger charge is 2.11. The minimum Gasteiger partial charge on any atom is -0.494 e. The van der Waals surface area contributed by atoms with Crippen LogP contribution in [-0.4, -0.2) is 18.7 Å². The molecule has 0 spiro atoms. The van der Waals surface area contributed by atoms with Crippen molar-refractivity contribution in [3.05, 3.63) is 78.1 Å². The number of carbonyl (C=O) groups excluding carboxylic acids is 1. The fourth-order valence-electron chi connectivity index (χ4n) is 4.76. The largest absolute Gasteiger partial charge is 0.494 e. The molecule has 0 aliphatic heterocycles. The van der Waals surface area contributed by atoms with E-state index in [1.165, 1.54) is 70.3 Å². The second-order valence-corrected chi connectivity index (χ2v) is 11.3. The predicted octanol–water partition coefficient (Wildman–Crippen LogP) is 11.7. The van der Waals surface area contributed by atoms with E-state index in [1.807, 2.05) is 6.92 Å². The van der Waals surface area contributed by atoms with Gasteiger partial charge in [0, 0.05) is 6.07 Å². The van der Waals surface area contributed by atoms with Gasteiger partial charge in [0.15, 0.2) is 11.6 Å². The van der Waals surface area contributed by atoms with E-state index in [-0.39, 0.29) is 11.9 Å². The van der Waals surface area contributed by atoms with Gasteiger partial charge in [-0.2, -0.15) is 10.2 Å². The van der Waals surface area contributed by atoms with Gasteiger partial charge in [-0.25, -0.2) is 9.18 Å². The fraction of sp³-hybridized carbons (Fsp3) is 0.486. The number of unbranched alkanes of at least 4 members (excludes halogenated alkanes) is 10. The van der Waals surface area contributed by atoms with Crippen molar-refractivity contribution in [1.29, 1.82) is 0 Å². The molecule has 1 atom stereocenters. The molecule has 0 amide bonds. The van der Waals surface area contributed by atoms with Crippen molar-refractivity contribution in [3.8, 4) is 17.2 Å². The lowest BCUT2D eigenvalue weighted by Gasteiger charge is -2.15. The van der Waals surface area contributed by atoms with Crippen molar-refractivity contribution >= 4 is 17.3 Å². The molecule has 0 aliphatic carbocycles. The lowest BCUT2D eigenvalue weighted by molar-refractivity contribution is 0.0734. The van der Waals surface area contributed by atoms with E-state index in [9.17, 15) is 9.18 Å². The van der Waals surface area contributed by atoms with Gasteiger partial charge in [0.1, 0.15) is 11.5 Å². The number of nitrogens with zero attached hydrogens (tertiary/aromatic N) is 2. The molecule has 0 N–H and O–H groups in total. The molecule has 3 aromatic carbocycles. The number of esters is 1. The molecule has 0 saturated carbocycles. The van der Waals surface area contributed by atoms with Gasteiger partial charge < -0.3 is 14.2 Å². The smallest absolute Gasteiger partial charge is 0.343 e. The van der Waals surface area contributed by atoms with Crippen LogP contribution in [0.5, 0.6) is 17.2 Å². The number of halogens is 1. The average Bonchev–Trinajstić information content (AvgIpc) is 3.03. The highest BCUT2D eigenvalue weighted by atomic mass is 19.1. The first-order chi connectivity index (χ1) is 21.5. The van der Waals surface area contributed by atoms with Crippen molar-refractivity contribution in [1.82, 2.24) is 0 Å². The summed E-state index contributed by atoms with van der Waals surface area (Å²) in [6.45, 7) is 7.05. The standard InChI is InChI=1S/C37H49FN2O4/c1-4-6-8-10-11-12-13-15-27-42-33-22-17-30(18-23-33)37(41)44-34-24-19-31(20-25-34)39-40-32-21-26-36(35(38)28-32)43-29(3)16-14-9-7-5-2/h17-26,28-29H,4-16,27H2,1-3H3.